The minimum atomic E-state index is -4.30. The number of fused-ring (bicyclic) bond motifs is 1. The van der Waals surface area contributed by atoms with Crippen LogP contribution in [0.4, 0.5) is 5.69 Å². The van der Waals surface area contributed by atoms with E-state index in [1.54, 1.807) is 42.5 Å². The van der Waals surface area contributed by atoms with Gasteiger partial charge in [0.1, 0.15) is 5.75 Å². The van der Waals surface area contributed by atoms with Crippen LogP contribution < -0.4 is 20.0 Å². The van der Waals surface area contributed by atoms with E-state index in [1.165, 1.54) is 66.9 Å². The Labute approximate surface area is 249 Å². The topological polar surface area (TPSA) is 175 Å². The molecule has 0 aliphatic carbocycles. The third-order valence-electron chi connectivity index (χ3n) is 6.49. The van der Waals surface area contributed by atoms with E-state index >= 15 is 0 Å². The van der Waals surface area contributed by atoms with Gasteiger partial charge >= 0.3 is 10.9 Å². The minimum absolute atomic E-state index is 0.113. The molecule has 3 amide bonds. The number of imide groups is 1. The molecule has 1 aliphatic heterocycles. The molecule has 218 valence electrons. The van der Waals surface area contributed by atoms with Gasteiger partial charge in [0, 0.05) is 5.56 Å². The van der Waals surface area contributed by atoms with E-state index in [0.29, 0.717) is 22.4 Å². The molecule has 1 aliphatic rings. The fraction of sp³-hybridized carbons (Fsp3) is 0. The van der Waals surface area contributed by atoms with Crippen LogP contribution in [0, 0.1) is 5.21 Å². The number of ether oxygens (including phenoxy) is 1. The van der Waals surface area contributed by atoms with E-state index in [-0.39, 0.29) is 21.1 Å². The van der Waals surface area contributed by atoms with Crippen LogP contribution in [-0.4, -0.2) is 37.5 Å². The monoisotopic (exact) mass is 609 g/mol. The number of nitrogens with zero attached hydrogens (tertiary/aromatic N) is 4. The maximum atomic E-state index is 13.0. The average Bonchev–Trinajstić information content (AvgIpc) is 3.53. The fourth-order valence-corrected chi connectivity index (χ4v) is 5.68. The second-order valence-corrected chi connectivity index (χ2v) is 11.1. The summed E-state index contributed by atoms with van der Waals surface area (Å²) in [4.78, 5) is 38.7. The molecule has 2 heterocycles. The number of anilines is 1. The Kier molecular flexibility index (Phi) is 7.16. The van der Waals surface area contributed by atoms with Crippen LogP contribution in [-0.2, 0) is 9.84 Å². The lowest BCUT2D eigenvalue weighted by molar-refractivity contribution is -0.832. The highest BCUT2D eigenvalue weighted by atomic mass is 32.2. The SMILES string of the molecule is O=C(N/N=C/c1cccc(Oc2no[n+]([O-])c2S(=O)(=O)c2ccccc2)c1)c1ccc(N2C(=O)c3ccccc3C2=O)cc1. The Morgan fingerprint density at radius 2 is 1.57 bits per heavy atom. The Bertz CT molecular complexity index is 2020. The maximum absolute atomic E-state index is 13.0. The quantitative estimate of drug-likeness (QED) is 0.119. The number of hydrogen-bond donors (Lipinski definition) is 1. The summed E-state index contributed by atoms with van der Waals surface area (Å²) in [6.45, 7) is 0. The van der Waals surface area contributed by atoms with E-state index in [0.717, 1.165) is 4.90 Å². The fourth-order valence-electron chi connectivity index (χ4n) is 4.40. The summed E-state index contributed by atoms with van der Waals surface area (Å²) < 4.78 is 36.0. The summed E-state index contributed by atoms with van der Waals surface area (Å²) in [6, 6.07) is 25.9. The summed E-state index contributed by atoms with van der Waals surface area (Å²) in [5.41, 5.74) is 4.01. The second-order valence-electron chi connectivity index (χ2n) is 9.27. The lowest BCUT2D eigenvalue weighted by atomic mass is 10.1. The van der Waals surface area contributed by atoms with E-state index in [9.17, 15) is 28.0 Å². The molecule has 0 saturated heterocycles. The normalized spacial score (nSPS) is 12.9. The third kappa shape index (κ3) is 5.16. The molecule has 0 unspecified atom stereocenters. The molecule has 1 N–H and O–H groups in total. The largest absolute Gasteiger partial charge is 0.420 e. The molecule has 5 aromatic rings. The highest BCUT2D eigenvalue weighted by Gasteiger charge is 2.37. The zero-order chi connectivity index (χ0) is 30.8. The van der Waals surface area contributed by atoms with Crippen molar-refractivity contribution in [1.29, 1.82) is 0 Å². The lowest BCUT2D eigenvalue weighted by Crippen LogP contribution is -2.30. The lowest BCUT2D eigenvalue weighted by Gasteiger charge is -2.14. The highest BCUT2D eigenvalue weighted by Crippen LogP contribution is 2.30. The number of carbonyl (C=O) groups is 3. The first-order valence-corrected chi connectivity index (χ1v) is 14.3. The molecular formula is C30H19N5O8S. The van der Waals surface area contributed by atoms with Crippen molar-refractivity contribution in [1.82, 2.24) is 10.6 Å². The number of carbonyl (C=O) groups excluding carboxylic acids is 3. The van der Waals surface area contributed by atoms with Crippen molar-refractivity contribution in [2.75, 3.05) is 4.90 Å². The maximum Gasteiger partial charge on any atom is 0.420 e. The average molecular weight is 610 g/mol. The zero-order valence-corrected chi connectivity index (χ0v) is 23.2. The Balaban J connectivity index is 1.12. The number of hydrazone groups is 1. The molecule has 1 aromatic heterocycles. The summed E-state index contributed by atoms with van der Waals surface area (Å²) in [7, 11) is -4.30. The van der Waals surface area contributed by atoms with Crippen molar-refractivity contribution in [3.63, 3.8) is 0 Å². The Hall–Kier alpha value is -6.15. The van der Waals surface area contributed by atoms with Crippen molar-refractivity contribution < 1.29 is 37.1 Å². The number of rotatable bonds is 8. The van der Waals surface area contributed by atoms with E-state index in [4.69, 9.17) is 4.74 Å². The molecule has 0 spiro atoms. The van der Waals surface area contributed by atoms with E-state index in [1.807, 2.05) is 0 Å². The van der Waals surface area contributed by atoms with Crippen LogP contribution in [0.3, 0.4) is 0 Å². The molecule has 0 saturated carbocycles. The number of hydrogen-bond acceptors (Lipinski definition) is 10. The molecule has 6 rings (SSSR count). The summed E-state index contributed by atoms with van der Waals surface area (Å²) >= 11 is 0. The van der Waals surface area contributed by atoms with Crippen LogP contribution in [0.2, 0.25) is 0 Å². The molecular weight excluding hydrogens is 590 g/mol. The molecule has 13 nitrogen and oxygen atoms in total. The van der Waals surface area contributed by atoms with Crippen molar-refractivity contribution in [3.8, 4) is 11.6 Å². The predicted molar refractivity (Wildman–Crippen MR) is 153 cm³/mol. The molecule has 0 bridgehead atoms. The molecule has 0 fully saturated rings. The van der Waals surface area contributed by atoms with Gasteiger partial charge < -0.3 is 9.94 Å². The van der Waals surface area contributed by atoms with Crippen molar-refractivity contribution in [3.05, 3.63) is 131 Å². The number of nitrogens with one attached hydrogen (secondary N) is 1. The first kappa shape index (κ1) is 28.0. The van der Waals surface area contributed by atoms with Crippen molar-refractivity contribution in [2.45, 2.75) is 9.92 Å². The van der Waals surface area contributed by atoms with Gasteiger partial charge in [-0.15, -0.1) is 0 Å². The van der Waals surface area contributed by atoms with Crippen molar-refractivity contribution in [2.24, 2.45) is 5.10 Å². The Morgan fingerprint density at radius 1 is 0.909 bits per heavy atom. The van der Waals surface area contributed by atoms with Crippen molar-refractivity contribution >= 4 is 39.5 Å². The first-order valence-electron chi connectivity index (χ1n) is 12.8. The van der Waals surface area contributed by atoms with Gasteiger partial charge in [0.05, 0.1) is 33.1 Å². The molecule has 0 radical (unpaired) electrons. The van der Waals surface area contributed by atoms with Gasteiger partial charge in [-0.3, -0.25) is 19.0 Å². The molecule has 44 heavy (non-hydrogen) atoms. The van der Waals surface area contributed by atoms with Crippen LogP contribution in [0.15, 0.2) is 123 Å². The van der Waals surface area contributed by atoms with E-state index < -0.39 is 38.5 Å². The van der Waals surface area contributed by atoms with Crippen LogP contribution in [0.25, 0.3) is 0 Å². The zero-order valence-electron chi connectivity index (χ0n) is 22.4. The summed E-state index contributed by atoms with van der Waals surface area (Å²) in [5, 5.41) is 18.7. The molecule has 0 atom stereocenters. The van der Waals surface area contributed by atoms with Crippen LogP contribution in [0.1, 0.15) is 36.6 Å². The molecule has 14 heteroatoms. The second kappa shape index (κ2) is 11.3. The standard InChI is InChI=1S/C30H19N5O8S/c36-26(20-13-15-21(16-14-20)34-28(37)24-11-4-5-12-25(24)29(34)38)32-31-18-19-7-6-8-22(17-19)42-27-30(35(39)43-33-27)44(40,41)23-9-2-1-3-10-23/h1-18H,(H,32,36)/b31-18+. The first-order chi connectivity index (χ1) is 21.2. The number of amides is 3. The van der Waals surface area contributed by atoms with Gasteiger partial charge in [0.25, 0.3) is 27.6 Å². The highest BCUT2D eigenvalue weighted by molar-refractivity contribution is 7.91. The van der Waals surface area contributed by atoms with Gasteiger partial charge in [0.2, 0.25) is 0 Å². The van der Waals surface area contributed by atoms with Gasteiger partial charge in [0.15, 0.2) is 0 Å². The van der Waals surface area contributed by atoms with Crippen LogP contribution in [0.5, 0.6) is 11.6 Å². The van der Waals surface area contributed by atoms with Crippen LogP contribution >= 0.6 is 0 Å². The third-order valence-corrected chi connectivity index (χ3v) is 8.21. The van der Waals surface area contributed by atoms with Gasteiger partial charge in [-0.2, -0.15) is 5.10 Å². The number of sulfone groups is 1. The smallest absolute Gasteiger partial charge is 0.415 e. The van der Waals surface area contributed by atoms with Gasteiger partial charge in [-0.05, 0) is 71.1 Å². The number of benzene rings is 4. The Morgan fingerprint density at radius 3 is 2.25 bits per heavy atom. The minimum Gasteiger partial charge on any atom is -0.415 e. The van der Waals surface area contributed by atoms with Gasteiger partial charge in [-0.25, -0.2) is 18.7 Å². The number of aromatic nitrogens is 2. The summed E-state index contributed by atoms with van der Waals surface area (Å²) in [6.07, 6.45) is 1.32. The predicted octanol–water partition coefficient (Wildman–Crippen LogP) is 3.50. The van der Waals surface area contributed by atoms with E-state index in [2.05, 4.69) is 20.3 Å². The molecule has 4 aromatic carbocycles. The van der Waals surface area contributed by atoms with Gasteiger partial charge in [-0.1, -0.05) is 42.5 Å². The summed E-state index contributed by atoms with van der Waals surface area (Å²) in [5.74, 6) is -1.88.